The molecule has 1 aromatic carbocycles. The number of carboxylic acid groups (broad SMARTS) is 1. The van der Waals surface area contributed by atoms with Crippen LogP contribution < -0.4 is 0 Å². The fraction of sp³-hybridized carbons (Fsp3) is 0.231. The van der Waals surface area contributed by atoms with E-state index in [1.807, 2.05) is 27.0 Å². The Bertz CT molecular complexity index is 613. The van der Waals surface area contributed by atoms with Gasteiger partial charge in [-0.1, -0.05) is 6.07 Å². The highest BCUT2D eigenvalue weighted by Crippen LogP contribution is 2.32. The molecule has 0 unspecified atom stereocenters. The lowest BCUT2D eigenvalue weighted by Crippen LogP contribution is -2.03. The van der Waals surface area contributed by atoms with E-state index in [1.54, 1.807) is 16.9 Å². The van der Waals surface area contributed by atoms with Crippen LogP contribution >= 0.6 is 15.9 Å². The van der Waals surface area contributed by atoms with E-state index in [1.165, 1.54) is 0 Å². The number of nitrogens with zero attached hydrogens (tertiary/aromatic N) is 2. The standard InChI is InChI=1S/C13H13BrN2O2/c1-7-8(2)10(13(17)18)5-4-9(7)12-11(14)6-15-16(12)3/h4-6H,1-3H3,(H,17,18). The second-order valence-corrected chi connectivity index (χ2v) is 5.03. The zero-order chi connectivity index (χ0) is 13.4. The van der Waals surface area contributed by atoms with Gasteiger partial charge in [0.25, 0.3) is 0 Å². The molecule has 5 heteroatoms. The first kappa shape index (κ1) is 12.8. The first-order chi connectivity index (χ1) is 8.43. The number of benzene rings is 1. The van der Waals surface area contributed by atoms with Crippen molar-refractivity contribution in [3.63, 3.8) is 0 Å². The molecule has 0 bridgehead atoms. The summed E-state index contributed by atoms with van der Waals surface area (Å²) in [6.07, 6.45) is 1.73. The maximum Gasteiger partial charge on any atom is 0.335 e. The predicted molar refractivity (Wildman–Crippen MR) is 72.8 cm³/mol. The highest BCUT2D eigenvalue weighted by molar-refractivity contribution is 9.10. The zero-order valence-electron chi connectivity index (χ0n) is 10.4. The minimum absolute atomic E-state index is 0.342. The number of aromatic nitrogens is 2. The third kappa shape index (κ3) is 1.95. The van der Waals surface area contributed by atoms with Gasteiger partial charge < -0.3 is 5.11 Å². The number of carbonyl (C=O) groups is 1. The van der Waals surface area contributed by atoms with Gasteiger partial charge in [-0.3, -0.25) is 4.68 Å². The number of aryl methyl sites for hydroxylation is 1. The molecule has 1 N–H and O–H groups in total. The molecular formula is C13H13BrN2O2. The molecule has 94 valence electrons. The summed E-state index contributed by atoms with van der Waals surface area (Å²) in [5, 5.41) is 13.3. The molecule has 2 aromatic rings. The predicted octanol–water partition coefficient (Wildman–Crippen LogP) is 3.16. The fourth-order valence-electron chi connectivity index (χ4n) is 2.02. The molecule has 0 radical (unpaired) electrons. The van der Waals surface area contributed by atoms with Crippen molar-refractivity contribution in [3.8, 4) is 11.3 Å². The van der Waals surface area contributed by atoms with Crippen molar-refractivity contribution in [1.82, 2.24) is 9.78 Å². The summed E-state index contributed by atoms with van der Waals surface area (Å²) in [6, 6.07) is 3.47. The SMILES string of the molecule is Cc1c(C(=O)O)ccc(-c2c(Br)cnn2C)c1C. The second-order valence-electron chi connectivity index (χ2n) is 4.18. The van der Waals surface area contributed by atoms with E-state index in [4.69, 9.17) is 5.11 Å². The number of rotatable bonds is 2. The molecule has 18 heavy (non-hydrogen) atoms. The summed E-state index contributed by atoms with van der Waals surface area (Å²) in [5.74, 6) is -0.897. The van der Waals surface area contributed by atoms with E-state index < -0.39 is 5.97 Å². The molecule has 0 fully saturated rings. The van der Waals surface area contributed by atoms with Gasteiger partial charge in [0, 0.05) is 12.6 Å². The first-order valence-corrected chi connectivity index (χ1v) is 6.24. The van der Waals surface area contributed by atoms with Gasteiger partial charge in [-0.15, -0.1) is 0 Å². The monoisotopic (exact) mass is 308 g/mol. The van der Waals surface area contributed by atoms with E-state index in [-0.39, 0.29) is 0 Å². The Morgan fingerprint density at radius 3 is 2.50 bits per heavy atom. The highest BCUT2D eigenvalue weighted by atomic mass is 79.9. The Morgan fingerprint density at radius 2 is 2.00 bits per heavy atom. The van der Waals surface area contributed by atoms with Crippen molar-refractivity contribution in [1.29, 1.82) is 0 Å². The van der Waals surface area contributed by atoms with Gasteiger partial charge in [0.1, 0.15) is 0 Å². The molecule has 0 aliphatic carbocycles. The van der Waals surface area contributed by atoms with Crippen molar-refractivity contribution >= 4 is 21.9 Å². The Labute approximate surface area is 113 Å². The molecule has 1 heterocycles. The van der Waals surface area contributed by atoms with Gasteiger partial charge in [-0.2, -0.15) is 5.10 Å². The molecule has 0 spiro atoms. The van der Waals surface area contributed by atoms with Crippen molar-refractivity contribution in [2.45, 2.75) is 13.8 Å². The Kier molecular flexibility index (Phi) is 3.26. The van der Waals surface area contributed by atoms with Crippen LogP contribution in [0.4, 0.5) is 0 Å². The van der Waals surface area contributed by atoms with E-state index >= 15 is 0 Å². The topological polar surface area (TPSA) is 55.1 Å². The van der Waals surface area contributed by atoms with Crippen LogP contribution in [0.15, 0.2) is 22.8 Å². The van der Waals surface area contributed by atoms with Crippen LogP contribution in [0.25, 0.3) is 11.3 Å². The van der Waals surface area contributed by atoms with Crippen LogP contribution in [0.5, 0.6) is 0 Å². The Hall–Kier alpha value is -1.62. The molecule has 0 aliphatic rings. The summed E-state index contributed by atoms with van der Waals surface area (Å²) in [7, 11) is 1.86. The lowest BCUT2D eigenvalue weighted by molar-refractivity contribution is 0.0696. The summed E-state index contributed by atoms with van der Waals surface area (Å²) in [5.41, 5.74) is 4.03. The van der Waals surface area contributed by atoms with Gasteiger partial charge in [0.15, 0.2) is 0 Å². The maximum absolute atomic E-state index is 11.1. The molecule has 0 saturated carbocycles. The van der Waals surface area contributed by atoms with Crippen molar-refractivity contribution in [2.75, 3.05) is 0 Å². The maximum atomic E-state index is 11.1. The molecule has 0 aliphatic heterocycles. The molecule has 2 rings (SSSR count). The summed E-state index contributed by atoms with van der Waals surface area (Å²) < 4.78 is 2.67. The van der Waals surface area contributed by atoms with Crippen LogP contribution in [-0.2, 0) is 7.05 Å². The molecule has 1 aromatic heterocycles. The third-order valence-electron chi connectivity index (χ3n) is 3.17. The number of halogens is 1. The van der Waals surface area contributed by atoms with E-state index in [9.17, 15) is 4.79 Å². The van der Waals surface area contributed by atoms with Gasteiger partial charge in [0.05, 0.1) is 21.9 Å². The number of carboxylic acids is 1. The van der Waals surface area contributed by atoms with Crippen LogP contribution in [0.2, 0.25) is 0 Å². The summed E-state index contributed by atoms with van der Waals surface area (Å²) in [4.78, 5) is 11.1. The quantitative estimate of drug-likeness (QED) is 0.927. The van der Waals surface area contributed by atoms with Crippen LogP contribution in [0.3, 0.4) is 0 Å². The van der Waals surface area contributed by atoms with Gasteiger partial charge in [0.2, 0.25) is 0 Å². The van der Waals surface area contributed by atoms with Crippen molar-refractivity contribution in [2.24, 2.45) is 7.05 Å². The number of aromatic carboxylic acids is 1. The van der Waals surface area contributed by atoms with E-state index in [2.05, 4.69) is 21.0 Å². The third-order valence-corrected chi connectivity index (χ3v) is 3.75. The molecule has 0 saturated heterocycles. The average molecular weight is 309 g/mol. The summed E-state index contributed by atoms with van der Waals surface area (Å²) in [6.45, 7) is 3.75. The van der Waals surface area contributed by atoms with Gasteiger partial charge >= 0.3 is 5.97 Å². The first-order valence-electron chi connectivity index (χ1n) is 5.45. The largest absolute Gasteiger partial charge is 0.478 e. The zero-order valence-corrected chi connectivity index (χ0v) is 11.9. The van der Waals surface area contributed by atoms with Gasteiger partial charge in [-0.25, -0.2) is 4.79 Å². The summed E-state index contributed by atoms with van der Waals surface area (Å²) >= 11 is 3.46. The van der Waals surface area contributed by atoms with Gasteiger partial charge in [-0.05, 0) is 47.0 Å². The molecule has 0 atom stereocenters. The second kappa shape index (κ2) is 4.57. The normalized spacial score (nSPS) is 10.7. The Balaban J connectivity index is 2.68. The lowest BCUT2D eigenvalue weighted by atomic mass is 9.96. The average Bonchev–Trinajstić information content (AvgIpc) is 2.63. The highest BCUT2D eigenvalue weighted by Gasteiger charge is 2.16. The van der Waals surface area contributed by atoms with Crippen LogP contribution in [0, 0.1) is 13.8 Å². The number of hydrogen-bond donors (Lipinski definition) is 1. The van der Waals surface area contributed by atoms with Crippen molar-refractivity contribution in [3.05, 3.63) is 39.5 Å². The van der Waals surface area contributed by atoms with E-state index in [0.717, 1.165) is 26.9 Å². The molecule has 0 amide bonds. The van der Waals surface area contributed by atoms with Crippen LogP contribution in [0.1, 0.15) is 21.5 Å². The minimum Gasteiger partial charge on any atom is -0.478 e. The lowest BCUT2D eigenvalue weighted by Gasteiger charge is -2.12. The number of hydrogen-bond acceptors (Lipinski definition) is 2. The smallest absolute Gasteiger partial charge is 0.335 e. The minimum atomic E-state index is -0.897. The van der Waals surface area contributed by atoms with Crippen molar-refractivity contribution < 1.29 is 9.90 Å². The molecule has 4 nitrogen and oxygen atoms in total. The fourth-order valence-corrected chi connectivity index (χ4v) is 2.58. The molecular weight excluding hydrogens is 296 g/mol. The van der Waals surface area contributed by atoms with Crippen LogP contribution in [-0.4, -0.2) is 20.9 Å². The Morgan fingerprint density at radius 1 is 1.33 bits per heavy atom. The van der Waals surface area contributed by atoms with E-state index in [0.29, 0.717) is 5.56 Å².